The lowest BCUT2D eigenvalue weighted by Crippen LogP contribution is -2.26. The first-order valence-electron chi connectivity index (χ1n) is 11.8. The van der Waals surface area contributed by atoms with Crippen LogP contribution in [0.1, 0.15) is 52.6 Å². The van der Waals surface area contributed by atoms with Crippen LogP contribution in [0.5, 0.6) is 5.75 Å². The van der Waals surface area contributed by atoms with Crippen LogP contribution in [0.2, 0.25) is 5.02 Å². The van der Waals surface area contributed by atoms with Gasteiger partial charge in [-0.15, -0.1) is 0 Å². The summed E-state index contributed by atoms with van der Waals surface area (Å²) in [6, 6.07) is 20.4. The molecule has 0 saturated heterocycles. The zero-order valence-corrected chi connectivity index (χ0v) is 21.5. The van der Waals surface area contributed by atoms with E-state index in [1.165, 1.54) is 6.92 Å². The van der Waals surface area contributed by atoms with E-state index in [9.17, 15) is 9.59 Å². The van der Waals surface area contributed by atoms with Crippen molar-refractivity contribution in [1.29, 1.82) is 0 Å². The average molecular weight is 505 g/mol. The Labute approximate surface area is 215 Å². The molecular weight excluding hydrogens is 476 g/mol. The maximum atomic E-state index is 13.0. The minimum atomic E-state index is -1.01. The van der Waals surface area contributed by atoms with Gasteiger partial charge >= 0.3 is 5.97 Å². The van der Waals surface area contributed by atoms with Crippen LogP contribution in [0.3, 0.4) is 0 Å². The van der Waals surface area contributed by atoms with Crippen molar-refractivity contribution in [2.24, 2.45) is 0 Å². The van der Waals surface area contributed by atoms with Crippen molar-refractivity contribution >= 4 is 34.4 Å². The van der Waals surface area contributed by atoms with Crippen molar-refractivity contribution in [3.63, 3.8) is 0 Å². The molecule has 0 fully saturated rings. The number of ether oxygens (including phenoxy) is 1. The van der Waals surface area contributed by atoms with Gasteiger partial charge in [-0.2, -0.15) is 0 Å². The van der Waals surface area contributed by atoms with Gasteiger partial charge in [0.05, 0.1) is 6.04 Å². The van der Waals surface area contributed by atoms with Crippen LogP contribution in [-0.4, -0.2) is 27.7 Å². The van der Waals surface area contributed by atoms with Gasteiger partial charge in [0, 0.05) is 33.7 Å². The predicted molar refractivity (Wildman–Crippen MR) is 142 cm³/mol. The number of fused-ring (bicyclic) bond motifs is 1. The minimum Gasteiger partial charge on any atom is -0.479 e. The van der Waals surface area contributed by atoms with Crippen LogP contribution in [0, 0.1) is 13.8 Å². The number of hydrogen-bond donors (Lipinski definition) is 2. The van der Waals surface area contributed by atoms with E-state index in [1.54, 1.807) is 6.07 Å². The molecule has 1 amide bonds. The standard InChI is InChI=1S/C29H29ClN2O4/c1-17-19(3)32(16-21-8-7-9-23(14-21)36-20(4)29(34)35)27-13-12-22(15-25(17)27)28(33)31-18(2)24-10-5-6-11-26(24)30/h5-15,18,20H,16H2,1-4H3,(H,31,33)(H,34,35)/t18-,20?/m0/s1. The summed E-state index contributed by atoms with van der Waals surface area (Å²) < 4.78 is 7.72. The zero-order chi connectivity index (χ0) is 26.0. The van der Waals surface area contributed by atoms with Crippen molar-refractivity contribution in [3.05, 3.63) is 99.7 Å². The average Bonchev–Trinajstić information content (AvgIpc) is 3.08. The molecule has 3 aromatic carbocycles. The van der Waals surface area contributed by atoms with E-state index >= 15 is 0 Å². The van der Waals surface area contributed by atoms with Crippen molar-refractivity contribution in [2.45, 2.75) is 46.4 Å². The second-order valence-corrected chi connectivity index (χ2v) is 9.40. The third-order valence-electron chi connectivity index (χ3n) is 6.52. The Morgan fingerprint density at radius 1 is 1.03 bits per heavy atom. The van der Waals surface area contributed by atoms with Crippen molar-refractivity contribution in [1.82, 2.24) is 9.88 Å². The third-order valence-corrected chi connectivity index (χ3v) is 6.86. The lowest BCUT2D eigenvalue weighted by atomic mass is 10.1. The highest BCUT2D eigenvalue weighted by Crippen LogP contribution is 2.29. The highest BCUT2D eigenvalue weighted by atomic mass is 35.5. The smallest absolute Gasteiger partial charge is 0.344 e. The van der Waals surface area contributed by atoms with E-state index in [2.05, 4.69) is 23.7 Å². The first kappa shape index (κ1) is 25.3. The summed E-state index contributed by atoms with van der Waals surface area (Å²) in [5.74, 6) is -0.657. The third kappa shape index (κ3) is 5.24. The molecule has 186 valence electrons. The normalized spacial score (nSPS) is 12.8. The number of aliphatic carboxylic acids is 1. The van der Waals surface area contributed by atoms with Crippen molar-refractivity contribution in [2.75, 3.05) is 0 Å². The largest absolute Gasteiger partial charge is 0.479 e. The molecule has 0 aliphatic rings. The first-order valence-corrected chi connectivity index (χ1v) is 12.2. The SMILES string of the molecule is Cc1c(C)n(Cc2cccc(OC(C)C(=O)O)c2)c2ccc(C(=O)N[C@@H](C)c3ccccc3Cl)cc12. The summed E-state index contributed by atoms with van der Waals surface area (Å²) in [6.45, 7) is 8.12. The number of carboxylic acid groups (broad SMARTS) is 1. The van der Waals surface area contributed by atoms with Crippen LogP contribution in [0.25, 0.3) is 10.9 Å². The molecule has 1 heterocycles. The van der Waals surface area contributed by atoms with Crippen molar-refractivity contribution < 1.29 is 19.4 Å². The molecule has 2 atom stereocenters. The molecule has 0 aliphatic carbocycles. The Balaban J connectivity index is 1.58. The minimum absolute atomic E-state index is 0.161. The fourth-order valence-electron chi connectivity index (χ4n) is 4.33. The first-order chi connectivity index (χ1) is 17.2. The van der Waals surface area contributed by atoms with Gasteiger partial charge in [0.25, 0.3) is 5.91 Å². The molecule has 2 N–H and O–H groups in total. The molecule has 4 aromatic rings. The van der Waals surface area contributed by atoms with Crippen LogP contribution in [0.4, 0.5) is 0 Å². The van der Waals surface area contributed by atoms with Gasteiger partial charge in [-0.1, -0.05) is 41.9 Å². The summed E-state index contributed by atoms with van der Waals surface area (Å²) in [5, 5.41) is 13.8. The number of aryl methyl sites for hydroxylation is 1. The molecule has 0 radical (unpaired) electrons. The number of nitrogens with zero attached hydrogens (tertiary/aromatic N) is 1. The second-order valence-electron chi connectivity index (χ2n) is 8.99. The van der Waals surface area contributed by atoms with E-state index in [0.29, 0.717) is 22.9 Å². The van der Waals surface area contributed by atoms with E-state index in [0.717, 1.165) is 33.3 Å². The summed E-state index contributed by atoms with van der Waals surface area (Å²) in [5.41, 5.74) is 5.66. The Bertz CT molecular complexity index is 1440. The monoisotopic (exact) mass is 504 g/mol. The molecule has 4 rings (SSSR count). The fraction of sp³-hybridized carbons (Fsp3) is 0.241. The number of nitrogens with one attached hydrogen (secondary N) is 1. The maximum Gasteiger partial charge on any atom is 0.344 e. The molecule has 0 aliphatic heterocycles. The number of amides is 1. The number of carboxylic acids is 1. The number of hydrogen-bond acceptors (Lipinski definition) is 3. The number of carbonyl (C=O) groups excluding carboxylic acids is 1. The van der Waals surface area contributed by atoms with E-state index in [-0.39, 0.29) is 11.9 Å². The lowest BCUT2D eigenvalue weighted by Gasteiger charge is -2.16. The van der Waals surface area contributed by atoms with Gasteiger partial charge in [0.1, 0.15) is 5.75 Å². The van der Waals surface area contributed by atoms with E-state index < -0.39 is 12.1 Å². The zero-order valence-electron chi connectivity index (χ0n) is 20.7. The van der Waals surface area contributed by atoms with Crippen LogP contribution in [-0.2, 0) is 11.3 Å². The number of halogens is 1. The van der Waals surface area contributed by atoms with Gasteiger partial charge in [-0.25, -0.2) is 4.79 Å². The van der Waals surface area contributed by atoms with Gasteiger partial charge in [0.15, 0.2) is 6.10 Å². The topological polar surface area (TPSA) is 80.6 Å². The van der Waals surface area contributed by atoms with Crippen LogP contribution >= 0.6 is 11.6 Å². The highest BCUT2D eigenvalue weighted by Gasteiger charge is 2.18. The van der Waals surface area contributed by atoms with Gasteiger partial charge in [0.2, 0.25) is 0 Å². The summed E-state index contributed by atoms with van der Waals surface area (Å²) in [6.07, 6.45) is -0.929. The fourth-order valence-corrected chi connectivity index (χ4v) is 4.63. The van der Waals surface area contributed by atoms with Gasteiger partial charge < -0.3 is 19.7 Å². The highest BCUT2D eigenvalue weighted by molar-refractivity contribution is 6.31. The number of rotatable bonds is 8. The molecule has 1 unspecified atom stereocenters. The predicted octanol–water partition coefficient (Wildman–Crippen LogP) is 6.30. The number of carbonyl (C=O) groups is 2. The van der Waals surface area contributed by atoms with Gasteiger partial charge in [-0.3, -0.25) is 4.79 Å². The molecule has 1 aromatic heterocycles. The summed E-state index contributed by atoms with van der Waals surface area (Å²) in [4.78, 5) is 24.2. The Morgan fingerprint density at radius 3 is 2.50 bits per heavy atom. The molecule has 6 nitrogen and oxygen atoms in total. The Kier molecular flexibility index (Phi) is 7.36. The Morgan fingerprint density at radius 2 is 1.78 bits per heavy atom. The molecule has 7 heteroatoms. The molecule has 0 spiro atoms. The summed E-state index contributed by atoms with van der Waals surface area (Å²) >= 11 is 6.29. The summed E-state index contributed by atoms with van der Waals surface area (Å²) in [7, 11) is 0. The molecule has 36 heavy (non-hydrogen) atoms. The second kappa shape index (κ2) is 10.5. The molecule has 0 bridgehead atoms. The Hall–Kier alpha value is -3.77. The number of aromatic nitrogens is 1. The van der Waals surface area contributed by atoms with E-state index in [1.807, 2.05) is 67.6 Å². The van der Waals surface area contributed by atoms with Crippen LogP contribution < -0.4 is 10.1 Å². The maximum absolute atomic E-state index is 13.0. The van der Waals surface area contributed by atoms with Gasteiger partial charge in [-0.05, 0) is 80.8 Å². The molecule has 0 saturated carbocycles. The molecular formula is C29H29ClN2O4. The van der Waals surface area contributed by atoms with Crippen LogP contribution in [0.15, 0.2) is 66.7 Å². The number of benzene rings is 3. The van der Waals surface area contributed by atoms with E-state index in [4.69, 9.17) is 21.4 Å². The lowest BCUT2D eigenvalue weighted by molar-refractivity contribution is -0.144. The quantitative estimate of drug-likeness (QED) is 0.295. The van der Waals surface area contributed by atoms with Crippen molar-refractivity contribution in [3.8, 4) is 5.75 Å².